The van der Waals surface area contributed by atoms with Crippen molar-refractivity contribution in [1.29, 1.82) is 0 Å². The van der Waals surface area contributed by atoms with E-state index in [-0.39, 0.29) is 24.0 Å². The van der Waals surface area contributed by atoms with Crippen molar-refractivity contribution in [2.45, 2.75) is 57.3 Å². The number of morpholine rings is 1. The first-order valence-corrected chi connectivity index (χ1v) is 14.9. The lowest BCUT2D eigenvalue weighted by atomic mass is 9.89. The molecule has 0 bridgehead atoms. The Hall–Kier alpha value is -3.61. The molecule has 2 fully saturated rings. The van der Waals surface area contributed by atoms with Crippen LogP contribution in [0.1, 0.15) is 59.2 Å². The molecule has 5 rings (SSSR count). The molecule has 1 aliphatic carbocycles. The zero-order valence-electron chi connectivity index (χ0n) is 23.6. The minimum absolute atomic E-state index is 0.00297. The Morgan fingerprint density at radius 1 is 1.00 bits per heavy atom. The molecule has 0 radical (unpaired) electrons. The van der Waals surface area contributed by atoms with Crippen molar-refractivity contribution < 1.29 is 14.3 Å². The fourth-order valence-corrected chi connectivity index (χ4v) is 5.78. The van der Waals surface area contributed by atoms with Gasteiger partial charge in [0.2, 0.25) is 0 Å². The van der Waals surface area contributed by atoms with Gasteiger partial charge >= 0.3 is 0 Å². The molecule has 41 heavy (non-hydrogen) atoms. The molecule has 1 N–H and O–H groups in total. The summed E-state index contributed by atoms with van der Waals surface area (Å²) in [6.07, 6.45) is 6.75. The summed E-state index contributed by atoms with van der Waals surface area (Å²) in [4.78, 5) is 30.5. The van der Waals surface area contributed by atoms with Crippen LogP contribution in [0.25, 0.3) is 6.08 Å². The summed E-state index contributed by atoms with van der Waals surface area (Å²) in [5.41, 5.74) is 3.75. The number of carbonyl (C=O) groups excluding carboxylic acids is 2. The van der Waals surface area contributed by atoms with Crippen molar-refractivity contribution >= 4 is 29.5 Å². The topological polar surface area (TPSA) is 61.9 Å². The van der Waals surface area contributed by atoms with Gasteiger partial charge in [0, 0.05) is 30.2 Å². The molecular formula is C34H38ClN3O3. The monoisotopic (exact) mass is 571 g/mol. The SMILES string of the molecule is CN(CCCNC(=O)c1ccc(/C=C2\OC3CCCCC3N(Cc3ccc(Cl)cc3)C2=O)cc1)Cc1ccccc1. The third kappa shape index (κ3) is 7.78. The first-order valence-electron chi connectivity index (χ1n) is 14.5. The highest BCUT2D eigenvalue weighted by molar-refractivity contribution is 6.30. The van der Waals surface area contributed by atoms with Crippen molar-refractivity contribution in [3.8, 4) is 0 Å². The van der Waals surface area contributed by atoms with Gasteiger partial charge < -0.3 is 19.9 Å². The number of carbonyl (C=O) groups is 2. The third-order valence-corrected chi connectivity index (χ3v) is 8.10. The standard InChI is InChI=1S/C34H38ClN3O3/c1-37(23-26-8-3-2-4-9-26)21-7-20-36-33(39)28-16-12-25(13-17-28)22-32-34(40)38(24-27-14-18-29(35)19-15-27)30-10-5-6-11-31(30)41-32/h2-4,8-9,12-19,22,30-31H,5-7,10-11,20-21,23-24H2,1H3,(H,36,39)/b32-22-. The van der Waals surface area contributed by atoms with Crippen LogP contribution in [-0.2, 0) is 22.6 Å². The second-order valence-corrected chi connectivity index (χ2v) is 11.5. The Kier molecular flexibility index (Phi) is 9.75. The number of ether oxygens (including phenoxy) is 1. The van der Waals surface area contributed by atoms with E-state index in [2.05, 4.69) is 41.5 Å². The van der Waals surface area contributed by atoms with Gasteiger partial charge in [-0.25, -0.2) is 0 Å². The molecule has 214 valence electrons. The van der Waals surface area contributed by atoms with Gasteiger partial charge in [0.25, 0.3) is 11.8 Å². The number of rotatable bonds is 10. The maximum atomic E-state index is 13.6. The first-order chi connectivity index (χ1) is 20.0. The van der Waals surface area contributed by atoms with Crippen LogP contribution in [0, 0.1) is 0 Å². The highest BCUT2D eigenvalue weighted by Gasteiger charge is 2.41. The van der Waals surface area contributed by atoms with Gasteiger partial charge in [-0.15, -0.1) is 0 Å². The molecule has 1 saturated carbocycles. The second kappa shape index (κ2) is 13.8. The number of nitrogens with zero attached hydrogens (tertiary/aromatic N) is 2. The zero-order valence-corrected chi connectivity index (χ0v) is 24.4. The highest BCUT2D eigenvalue weighted by atomic mass is 35.5. The molecule has 2 aliphatic rings. The first kappa shape index (κ1) is 28.9. The van der Waals surface area contributed by atoms with Gasteiger partial charge in [0.05, 0.1) is 6.04 Å². The molecule has 3 aromatic carbocycles. The lowest BCUT2D eigenvalue weighted by Gasteiger charge is -2.44. The lowest BCUT2D eigenvalue weighted by Crippen LogP contribution is -2.54. The fourth-order valence-electron chi connectivity index (χ4n) is 5.66. The molecule has 2 amide bonds. The van der Waals surface area contributed by atoms with Crippen LogP contribution in [-0.4, -0.2) is 53.9 Å². The van der Waals surface area contributed by atoms with E-state index in [9.17, 15) is 9.59 Å². The molecule has 1 saturated heterocycles. The van der Waals surface area contributed by atoms with E-state index < -0.39 is 0 Å². The van der Waals surface area contributed by atoms with Crippen LogP contribution in [0.3, 0.4) is 0 Å². The molecule has 1 heterocycles. The summed E-state index contributed by atoms with van der Waals surface area (Å²) in [7, 11) is 2.09. The minimum Gasteiger partial charge on any atom is -0.482 e. The lowest BCUT2D eigenvalue weighted by molar-refractivity contribution is -0.149. The zero-order chi connectivity index (χ0) is 28.6. The maximum absolute atomic E-state index is 13.6. The molecule has 0 aromatic heterocycles. The van der Waals surface area contributed by atoms with E-state index in [1.54, 1.807) is 18.2 Å². The summed E-state index contributed by atoms with van der Waals surface area (Å²) in [6, 6.07) is 25.4. The number of nitrogens with one attached hydrogen (secondary N) is 1. The summed E-state index contributed by atoms with van der Waals surface area (Å²) in [6.45, 7) is 2.92. The number of fused-ring (bicyclic) bond motifs is 1. The Bertz CT molecular complexity index is 1340. The third-order valence-electron chi connectivity index (χ3n) is 7.85. The van der Waals surface area contributed by atoms with Crippen molar-refractivity contribution in [3.05, 3.63) is 112 Å². The van der Waals surface area contributed by atoms with Crippen LogP contribution in [0.2, 0.25) is 5.02 Å². The molecule has 2 atom stereocenters. The largest absolute Gasteiger partial charge is 0.482 e. The molecule has 6 nitrogen and oxygen atoms in total. The van der Waals surface area contributed by atoms with E-state index in [1.807, 2.05) is 47.4 Å². The second-order valence-electron chi connectivity index (χ2n) is 11.0. The molecule has 0 spiro atoms. The number of hydrogen-bond acceptors (Lipinski definition) is 4. The summed E-state index contributed by atoms with van der Waals surface area (Å²) < 4.78 is 6.26. The van der Waals surface area contributed by atoms with Gasteiger partial charge in [-0.1, -0.05) is 72.6 Å². The van der Waals surface area contributed by atoms with Crippen LogP contribution in [0.4, 0.5) is 0 Å². The van der Waals surface area contributed by atoms with E-state index >= 15 is 0 Å². The Labute approximate surface area is 247 Å². The van der Waals surface area contributed by atoms with Gasteiger partial charge in [-0.2, -0.15) is 0 Å². The highest BCUT2D eigenvalue weighted by Crippen LogP contribution is 2.34. The number of halogens is 1. The molecule has 1 aliphatic heterocycles. The Morgan fingerprint density at radius 2 is 1.73 bits per heavy atom. The Balaban J connectivity index is 1.17. The van der Waals surface area contributed by atoms with Gasteiger partial charge in [0.15, 0.2) is 5.76 Å². The number of benzene rings is 3. The van der Waals surface area contributed by atoms with Crippen molar-refractivity contribution in [1.82, 2.24) is 15.1 Å². The maximum Gasteiger partial charge on any atom is 0.289 e. The predicted octanol–water partition coefficient (Wildman–Crippen LogP) is 6.30. The fraction of sp³-hybridized carbons (Fsp3) is 0.353. The van der Waals surface area contributed by atoms with Gasteiger partial charge in [0.1, 0.15) is 6.10 Å². The minimum atomic E-state index is -0.0981. The van der Waals surface area contributed by atoms with Crippen molar-refractivity contribution in [3.63, 3.8) is 0 Å². The average Bonchev–Trinajstić information content (AvgIpc) is 2.99. The quantitative estimate of drug-likeness (QED) is 0.229. The summed E-state index contributed by atoms with van der Waals surface area (Å²) in [5, 5.41) is 3.70. The van der Waals surface area contributed by atoms with Crippen LogP contribution < -0.4 is 5.32 Å². The average molecular weight is 572 g/mol. The molecule has 3 aromatic rings. The molecule has 7 heteroatoms. The van der Waals surface area contributed by atoms with E-state index in [0.717, 1.165) is 56.3 Å². The van der Waals surface area contributed by atoms with E-state index in [0.29, 0.717) is 29.4 Å². The summed E-state index contributed by atoms with van der Waals surface area (Å²) >= 11 is 6.07. The van der Waals surface area contributed by atoms with Gasteiger partial charge in [-0.3, -0.25) is 9.59 Å². The normalized spacial score (nSPS) is 19.6. The summed E-state index contributed by atoms with van der Waals surface area (Å²) in [5.74, 6) is 0.167. The van der Waals surface area contributed by atoms with Crippen molar-refractivity contribution in [2.75, 3.05) is 20.1 Å². The van der Waals surface area contributed by atoms with E-state index in [4.69, 9.17) is 16.3 Å². The number of amides is 2. The smallest absolute Gasteiger partial charge is 0.289 e. The van der Waals surface area contributed by atoms with Crippen LogP contribution >= 0.6 is 11.6 Å². The number of hydrogen-bond donors (Lipinski definition) is 1. The van der Waals surface area contributed by atoms with E-state index in [1.165, 1.54) is 5.56 Å². The van der Waals surface area contributed by atoms with Crippen LogP contribution in [0.15, 0.2) is 84.6 Å². The van der Waals surface area contributed by atoms with Gasteiger partial charge in [-0.05, 0) is 86.3 Å². The van der Waals surface area contributed by atoms with Crippen molar-refractivity contribution in [2.24, 2.45) is 0 Å². The molecule has 2 unspecified atom stereocenters. The molecular weight excluding hydrogens is 534 g/mol. The Morgan fingerprint density at radius 3 is 2.49 bits per heavy atom. The van der Waals surface area contributed by atoms with Crippen LogP contribution in [0.5, 0.6) is 0 Å². The predicted molar refractivity (Wildman–Crippen MR) is 163 cm³/mol.